The molecule has 0 aliphatic heterocycles. The minimum absolute atomic E-state index is 0.0941. The first kappa shape index (κ1) is 73.8. The molecule has 0 aromatic carbocycles. The quantitative estimate of drug-likeness (QED) is 0.0261. The largest absolute Gasteiger partial charge is 0.462 e. The topological polar surface area (TPSA) is 78.9 Å². The third-order valence-electron chi connectivity index (χ3n) is 13.7. The highest BCUT2D eigenvalue weighted by molar-refractivity contribution is 5.71. The molecule has 0 aromatic heterocycles. The summed E-state index contributed by atoms with van der Waals surface area (Å²) in [5.41, 5.74) is 0. The number of ether oxygens (including phenoxy) is 3. The molecule has 0 radical (unpaired) electrons. The Morgan fingerprint density at radius 3 is 0.782 bits per heavy atom. The summed E-state index contributed by atoms with van der Waals surface area (Å²) in [6.07, 6.45) is 90.6. The van der Waals surface area contributed by atoms with Crippen LogP contribution in [-0.2, 0) is 28.6 Å². The van der Waals surface area contributed by atoms with Gasteiger partial charge in [-0.1, -0.05) is 271 Å². The van der Waals surface area contributed by atoms with Crippen LogP contribution in [-0.4, -0.2) is 37.2 Å². The molecule has 0 aliphatic rings. The zero-order chi connectivity index (χ0) is 56.4. The Bertz CT molecular complexity index is 1620. The van der Waals surface area contributed by atoms with Gasteiger partial charge in [0.25, 0.3) is 0 Å². The Balaban J connectivity index is 4.36. The fraction of sp³-hybridized carbons (Fsp3) is 0.681. The van der Waals surface area contributed by atoms with Gasteiger partial charge in [0, 0.05) is 19.3 Å². The van der Waals surface area contributed by atoms with Gasteiger partial charge >= 0.3 is 17.9 Å². The smallest absolute Gasteiger partial charge is 0.306 e. The van der Waals surface area contributed by atoms with Crippen molar-refractivity contribution >= 4 is 17.9 Å². The van der Waals surface area contributed by atoms with Gasteiger partial charge < -0.3 is 14.2 Å². The molecule has 0 amide bonds. The summed E-state index contributed by atoms with van der Waals surface area (Å²) >= 11 is 0. The van der Waals surface area contributed by atoms with Crippen molar-refractivity contribution in [1.29, 1.82) is 0 Å². The molecule has 0 fully saturated rings. The van der Waals surface area contributed by atoms with Crippen LogP contribution in [0.1, 0.15) is 297 Å². The maximum atomic E-state index is 12.9. The highest BCUT2D eigenvalue weighted by Crippen LogP contribution is 2.16. The fourth-order valence-corrected chi connectivity index (χ4v) is 8.87. The number of carbonyl (C=O) groups excluding carboxylic acids is 3. The number of hydrogen-bond donors (Lipinski definition) is 0. The van der Waals surface area contributed by atoms with Crippen LogP contribution >= 0.6 is 0 Å². The third-order valence-corrected chi connectivity index (χ3v) is 13.7. The number of esters is 3. The molecular formula is C72H120O6. The van der Waals surface area contributed by atoms with Gasteiger partial charge in [-0.2, -0.15) is 0 Å². The zero-order valence-electron chi connectivity index (χ0n) is 50.9. The van der Waals surface area contributed by atoms with Crippen molar-refractivity contribution in [3.63, 3.8) is 0 Å². The predicted octanol–water partition coefficient (Wildman–Crippen LogP) is 22.4. The van der Waals surface area contributed by atoms with E-state index in [-0.39, 0.29) is 31.1 Å². The average molecular weight is 1080 g/mol. The molecule has 0 aliphatic carbocycles. The zero-order valence-corrected chi connectivity index (χ0v) is 50.9. The Labute approximate surface area is 482 Å². The second-order valence-electron chi connectivity index (χ2n) is 21.3. The number of allylic oxidation sites excluding steroid dienone is 20. The van der Waals surface area contributed by atoms with E-state index in [4.69, 9.17) is 14.2 Å². The van der Waals surface area contributed by atoms with E-state index in [0.717, 1.165) is 148 Å². The van der Waals surface area contributed by atoms with Gasteiger partial charge in [-0.05, 0) is 128 Å². The lowest BCUT2D eigenvalue weighted by molar-refractivity contribution is -0.167. The minimum Gasteiger partial charge on any atom is -0.462 e. The van der Waals surface area contributed by atoms with Crippen LogP contribution in [0.5, 0.6) is 0 Å². The van der Waals surface area contributed by atoms with Gasteiger partial charge in [0.05, 0.1) is 0 Å². The minimum atomic E-state index is -0.801. The maximum absolute atomic E-state index is 12.9. The van der Waals surface area contributed by atoms with Crippen LogP contribution in [0, 0.1) is 0 Å². The van der Waals surface area contributed by atoms with E-state index in [1.165, 1.54) is 109 Å². The molecule has 0 rings (SSSR count). The molecule has 1 unspecified atom stereocenters. The molecule has 0 saturated carbocycles. The fourth-order valence-electron chi connectivity index (χ4n) is 8.87. The van der Waals surface area contributed by atoms with Crippen LogP contribution in [0.2, 0.25) is 0 Å². The molecule has 1 atom stereocenters. The molecule has 0 heterocycles. The lowest BCUT2D eigenvalue weighted by Crippen LogP contribution is -2.30. The summed E-state index contributed by atoms with van der Waals surface area (Å²) in [4.78, 5) is 38.3. The van der Waals surface area contributed by atoms with Gasteiger partial charge in [-0.15, -0.1) is 0 Å². The van der Waals surface area contributed by atoms with E-state index in [0.29, 0.717) is 19.3 Å². The van der Waals surface area contributed by atoms with Gasteiger partial charge in [-0.3, -0.25) is 14.4 Å². The first-order valence-electron chi connectivity index (χ1n) is 32.5. The van der Waals surface area contributed by atoms with Crippen molar-refractivity contribution in [2.45, 2.75) is 303 Å². The number of rotatable bonds is 58. The molecule has 0 saturated heterocycles. The number of unbranched alkanes of at least 4 members (excludes halogenated alkanes) is 27. The Morgan fingerprint density at radius 1 is 0.269 bits per heavy atom. The van der Waals surface area contributed by atoms with E-state index in [1.54, 1.807) is 0 Å². The highest BCUT2D eigenvalue weighted by atomic mass is 16.6. The van der Waals surface area contributed by atoms with Gasteiger partial charge in [0.1, 0.15) is 13.2 Å². The molecule has 0 bridgehead atoms. The summed E-state index contributed by atoms with van der Waals surface area (Å²) in [5, 5.41) is 0. The molecule has 6 heteroatoms. The van der Waals surface area contributed by atoms with Crippen molar-refractivity contribution in [1.82, 2.24) is 0 Å². The Morgan fingerprint density at radius 2 is 0.500 bits per heavy atom. The summed E-state index contributed by atoms with van der Waals surface area (Å²) in [5.74, 6) is -0.927. The van der Waals surface area contributed by atoms with Crippen molar-refractivity contribution < 1.29 is 28.6 Å². The monoisotopic (exact) mass is 1080 g/mol. The lowest BCUT2D eigenvalue weighted by Gasteiger charge is -2.18. The summed E-state index contributed by atoms with van der Waals surface area (Å²) in [7, 11) is 0. The Hall–Kier alpha value is -4.19. The summed E-state index contributed by atoms with van der Waals surface area (Å²) in [6, 6.07) is 0. The van der Waals surface area contributed by atoms with E-state index < -0.39 is 6.10 Å². The second-order valence-corrected chi connectivity index (χ2v) is 21.3. The predicted molar refractivity (Wildman–Crippen MR) is 339 cm³/mol. The highest BCUT2D eigenvalue weighted by Gasteiger charge is 2.19. The maximum Gasteiger partial charge on any atom is 0.306 e. The normalized spacial score (nSPS) is 12.9. The standard InChI is InChI=1S/C72H120O6/c1-4-7-10-13-16-19-22-25-28-31-32-33-34-35-36-37-38-39-40-42-44-47-50-53-56-59-62-65-71(74)77-68-69(67-76-70(73)64-61-58-55-52-49-46-43-30-27-24-21-18-15-12-9-6-3)78-72(75)66-63-60-57-54-51-48-45-41-29-26-23-20-17-14-11-8-5-2/h7-8,10-11,16-17,19-21,24-26,28-30,32-33,43,45,48,69H,4-6,9,12-15,18,22-23,27,31,34-42,44,46-47,49-68H2,1-3H3/b10-7-,11-8-,19-16-,20-17-,24-21-,28-25-,29-26-,33-32-,43-30-,48-45-. The van der Waals surface area contributed by atoms with Crippen LogP contribution in [0.4, 0.5) is 0 Å². The summed E-state index contributed by atoms with van der Waals surface area (Å²) in [6.45, 7) is 6.38. The molecule has 444 valence electrons. The van der Waals surface area contributed by atoms with Crippen molar-refractivity contribution in [2.75, 3.05) is 13.2 Å². The first-order valence-corrected chi connectivity index (χ1v) is 32.5. The molecule has 0 aromatic rings. The number of hydrogen-bond acceptors (Lipinski definition) is 6. The van der Waals surface area contributed by atoms with E-state index >= 15 is 0 Å². The third kappa shape index (κ3) is 62.7. The van der Waals surface area contributed by atoms with Crippen LogP contribution in [0.25, 0.3) is 0 Å². The van der Waals surface area contributed by atoms with Gasteiger partial charge in [0.15, 0.2) is 6.10 Å². The Kier molecular flexibility index (Phi) is 61.8. The van der Waals surface area contributed by atoms with E-state index in [9.17, 15) is 14.4 Å². The van der Waals surface area contributed by atoms with Crippen molar-refractivity contribution in [3.05, 3.63) is 122 Å². The molecule has 78 heavy (non-hydrogen) atoms. The van der Waals surface area contributed by atoms with E-state index in [2.05, 4.69) is 142 Å². The van der Waals surface area contributed by atoms with Crippen LogP contribution < -0.4 is 0 Å². The molecule has 6 nitrogen and oxygen atoms in total. The van der Waals surface area contributed by atoms with Crippen molar-refractivity contribution in [3.8, 4) is 0 Å². The van der Waals surface area contributed by atoms with Crippen LogP contribution in [0.3, 0.4) is 0 Å². The number of carbonyl (C=O) groups is 3. The molecule has 0 spiro atoms. The first-order chi connectivity index (χ1) is 38.5. The molecular weight excluding hydrogens is 961 g/mol. The van der Waals surface area contributed by atoms with Crippen molar-refractivity contribution in [2.24, 2.45) is 0 Å². The molecule has 0 N–H and O–H groups in total. The second kappa shape index (κ2) is 65.3. The average Bonchev–Trinajstić information content (AvgIpc) is 3.44. The van der Waals surface area contributed by atoms with Gasteiger partial charge in [0.2, 0.25) is 0 Å². The van der Waals surface area contributed by atoms with Gasteiger partial charge in [-0.25, -0.2) is 0 Å². The summed E-state index contributed by atoms with van der Waals surface area (Å²) < 4.78 is 16.9. The van der Waals surface area contributed by atoms with E-state index in [1.807, 2.05) is 0 Å². The lowest BCUT2D eigenvalue weighted by atomic mass is 10.0. The SMILES string of the molecule is CC/C=C\C/C=C\C/C=C\C/C=C\CCCCCCCCCCCCCCCCC(=O)OCC(COC(=O)CCCCCCC/C=C\C/C=C\CCCCCC)OC(=O)CCCCCC/C=C\C/C=C\C/C=C\C/C=C\CC. The van der Waals surface area contributed by atoms with Crippen LogP contribution in [0.15, 0.2) is 122 Å².